The predicted octanol–water partition coefficient (Wildman–Crippen LogP) is 2.23. The molecule has 0 saturated carbocycles. The molecule has 0 amide bonds. The molecule has 25 heavy (non-hydrogen) atoms. The SMILES string of the molecule is CCCCn1c(-c2nc3c(s2)CCCC3)nc2c(=O)n(C)c(=O)[nH]c21. The molecular formula is C17H21N5O2S. The predicted molar refractivity (Wildman–Crippen MR) is 98.3 cm³/mol. The van der Waals surface area contributed by atoms with E-state index in [1.54, 1.807) is 11.3 Å². The molecule has 0 unspecified atom stereocenters. The number of aromatic nitrogens is 5. The van der Waals surface area contributed by atoms with Crippen molar-refractivity contribution in [1.29, 1.82) is 0 Å². The Kier molecular flexibility index (Phi) is 4.07. The number of H-pyrrole nitrogens is 1. The average Bonchev–Trinajstić information content (AvgIpc) is 3.19. The van der Waals surface area contributed by atoms with Crippen molar-refractivity contribution in [3.63, 3.8) is 0 Å². The molecule has 0 aromatic carbocycles. The van der Waals surface area contributed by atoms with Crippen molar-refractivity contribution < 1.29 is 0 Å². The van der Waals surface area contributed by atoms with Crippen molar-refractivity contribution in [3.05, 3.63) is 31.4 Å². The summed E-state index contributed by atoms with van der Waals surface area (Å²) in [6.07, 6.45) is 6.43. The van der Waals surface area contributed by atoms with Crippen molar-refractivity contribution in [2.45, 2.75) is 52.0 Å². The largest absolute Gasteiger partial charge is 0.329 e. The van der Waals surface area contributed by atoms with E-state index in [1.165, 1.54) is 30.5 Å². The molecule has 3 aromatic heterocycles. The number of aromatic amines is 1. The lowest BCUT2D eigenvalue weighted by molar-refractivity contribution is 0.643. The Morgan fingerprint density at radius 1 is 1.20 bits per heavy atom. The van der Waals surface area contributed by atoms with Gasteiger partial charge in [-0.1, -0.05) is 13.3 Å². The molecule has 0 fully saturated rings. The van der Waals surface area contributed by atoms with Crippen LogP contribution in [-0.4, -0.2) is 24.1 Å². The normalized spacial score (nSPS) is 14.2. The summed E-state index contributed by atoms with van der Waals surface area (Å²) in [4.78, 5) is 38.0. The van der Waals surface area contributed by atoms with Crippen LogP contribution in [0.5, 0.6) is 0 Å². The van der Waals surface area contributed by atoms with E-state index in [2.05, 4.69) is 16.9 Å². The van der Waals surface area contributed by atoms with Crippen molar-refractivity contribution in [1.82, 2.24) is 24.1 Å². The maximum atomic E-state index is 12.5. The van der Waals surface area contributed by atoms with E-state index in [0.717, 1.165) is 35.3 Å². The lowest BCUT2D eigenvalue weighted by atomic mass is 10.0. The zero-order chi connectivity index (χ0) is 17.6. The van der Waals surface area contributed by atoms with Gasteiger partial charge in [-0.05, 0) is 32.1 Å². The number of rotatable bonds is 4. The Bertz CT molecular complexity index is 1030. The van der Waals surface area contributed by atoms with Crippen LogP contribution in [0.2, 0.25) is 0 Å². The second kappa shape index (κ2) is 6.25. The fourth-order valence-corrected chi connectivity index (χ4v) is 4.46. The van der Waals surface area contributed by atoms with Gasteiger partial charge in [-0.25, -0.2) is 14.8 Å². The van der Waals surface area contributed by atoms with Crippen LogP contribution in [0, 0.1) is 0 Å². The summed E-state index contributed by atoms with van der Waals surface area (Å²) < 4.78 is 3.02. The summed E-state index contributed by atoms with van der Waals surface area (Å²) in [6.45, 7) is 2.82. The smallest absolute Gasteiger partial charge is 0.308 e. The molecule has 0 radical (unpaired) electrons. The summed E-state index contributed by atoms with van der Waals surface area (Å²) in [5, 5.41) is 0.849. The van der Waals surface area contributed by atoms with Crippen LogP contribution in [0.25, 0.3) is 22.0 Å². The Balaban J connectivity index is 1.96. The number of nitrogens with one attached hydrogen (secondary N) is 1. The van der Waals surface area contributed by atoms with Crippen molar-refractivity contribution in [3.8, 4) is 10.8 Å². The highest BCUT2D eigenvalue weighted by atomic mass is 32.1. The Morgan fingerprint density at radius 2 is 2.00 bits per heavy atom. The number of thiazole rings is 1. The fraction of sp³-hybridized carbons (Fsp3) is 0.529. The maximum absolute atomic E-state index is 12.5. The monoisotopic (exact) mass is 359 g/mol. The number of imidazole rings is 1. The van der Waals surface area contributed by atoms with Crippen LogP contribution >= 0.6 is 11.3 Å². The molecular weight excluding hydrogens is 338 g/mol. The van der Waals surface area contributed by atoms with Gasteiger partial charge in [0.15, 0.2) is 16.3 Å². The first-order valence-corrected chi connectivity index (χ1v) is 9.60. The maximum Gasteiger partial charge on any atom is 0.329 e. The number of unbranched alkanes of at least 4 members (excludes halogenated alkanes) is 1. The van der Waals surface area contributed by atoms with Crippen LogP contribution in [0.1, 0.15) is 43.2 Å². The van der Waals surface area contributed by atoms with Gasteiger partial charge in [0.25, 0.3) is 5.56 Å². The van der Waals surface area contributed by atoms with E-state index in [1.807, 2.05) is 4.57 Å². The van der Waals surface area contributed by atoms with Gasteiger partial charge in [-0.3, -0.25) is 14.3 Å². The van der Waals surface area contributed by atoms with Crippen LogP contribution in [0.15, 0.2) is 9.59 Å². The molecule has 3 heterocycles. The van der Waals surface area contributed by atoms with E-state index in [9.17, 15) is 9.59 Å². The second-order valence-corrected chi connectivity index (χ2v) is 7.61. The molecule has 7 nitrogen and oxygen atoms in total. The summed E-state index contributed by atoms with van der Waals surface area (Å²) in [5.74, 6) is 0.696. The number of hydrogen-bond donors (Lipinski definition) is 1. The van der Waals surface area contributed by atoms with Crippen molar-refractivity contribution in [2.75, 3.05) is 0 Å². The molecule has 0 aliphatic heterocycles. The standard InChI is InChI=1S/C17H21N5O2S/c1-3-4-9-22-13-12(16(23)21(2)17(24)20-13)19-14(22)15-18-10-7-5-6-8-11(10)25-15/h3-9H2,1-2H3,(H,20,24). The van der Waals surface area contributed by atoms with E-state index < -0.39 is 5.69 Å². The first kappa shape index (κ1) is 16.3. The summed E-state index contributed by atoms with van der Waals surface area (Å²) in [5.41, 5.74) is 1.20. The van der Waals surface area contributed by atoms with Gasteiger partial charge >= 0.3 is 5.69 Å². The molecule has 0 atom stereocenters. The highest BCUT2D eigenvalue weighted by Crippen LogP contribution is 2.33. The number of aryl methyl sites for hydroxylation is 3. The van der Waals surface area contributed by atoms with Gasteiger partial charge in [0, 0.05) is 18.5 Å². The molecule has 3 aromatic rings. The second-order valence-electron chi connectivity index (χ2n) is 6.53. The van der Waals surface area contributed by atoms with Crippen LogP contribution < -0.4 is 11.2 Å². The molecule has 132 valence electrons. The topological polar surface area (TPSA) is 85.6 Å². The molecule has 1 N–H and O–H groups in total. The minimum atomic E-state index is -0.417. The number of hydrogen-bond acceptors (Lipinski definition) is 5. The zero-order valence-corrected chi connectivity index (χ0v) is 15.3. The van der Waals surface area contributed by atoms with E-state index in [0.29, 0.717) is 23.5 Å². The van der Waals surface area contributed by atoms with Gasteiger partial charge in [-0.15, -0.1) is 11.3 Å². The Labute approximate surface area is 148 Å². The lowest BCUT2D eigenvalue weighted by Crippen LogP contribution is -2.32. The first-order valence-electron chi connectivity index (χ1n) is 8.78. The van der Waals surface area contributed by atoms with E-state index in [4.69, 9.17) is 4.98 Å². The van der Waals surface area contributed by atoms with E-state index in [-0.39, 0.29) is 5.56 Å². The first-order chi connectivity index (χ1) is 12.1. The molecule has 8 heteroatoms. The van der Waals surface area contributed by atoms with Gasteiger partial charge < -0.3 is 4.57 Å². The minimum Gasteiger partial charge on any atom is -0.308 e. The molecule has 0 spiro atoms. The van der Waals surface area contributed by atoms with Crippen LogP contribution in [0.3, 0.4) is 0 Å². The quantitative estimate of drug-likeness (QED) is 0.774. The van der Waals surface area contributed by atoms with Crippen molar-refractivity contribution in [2.24, 2.45) is 7.05 Å². The molecule has 4 rings (SSSR count). The number of nitrogens with zero attached hydrogens (tertiary/aromatic N) is 4. The highest BCUT2D eigenvalue weighted by molar-refractivity contribution is 7.15. The summed E-state index contributed by atoms with van der Waals surface area (Å²) in [7, 11) is 1.47. The van der Waals surface area contributed by atoms with Crippen molar-refractivity contribution >= 4 is 22.5 Å². The third-order valence-electron chi connectivity index (χ3n) is 4.78. The van der Waals surface area contributed by atoms with Crippen LogP contribution in [0.4, 0.5) is 0 Å². The molecule has 1 aliphatic carbocycles. The van der Waals surface area contributed by atoms with Gasteiger partial charge in [0.05, 0.1) is 5.69 Å². The Morgan fingerprint density at radius 3 is 2.76 bits per heavy atom. The fourth-order valence-electron chi connectivity index (χ4n) is 3.31. The third-order valence-corrected chi connectivity index (χ3v) is 5.93. The van der Waals surface area contributed by atoms with Gasteiger partial charge in [0.2, 0.25) is 0 Å². The third kappa shape index (κ3) is 2.64. The Hall–Kier alpha value is -2.22. The van der Waals surface area contributed by atoms with Gasteiger partial charge in [0.1, 0.15) is 5.65 Å². The van der Waals surface area contributed by atoms with E-state index >= 15 is 0 Å². The summed E-state index contributed by atoms with van der Waals surface area (Å²) >= 11 is 1.67. The molecule has 1 aliphatic rings. The van der Waals surface area contributed by atoms with Gasteiger partial charge in [-0.2, -0.15) is 0 Å². The number of fused-ring (bicyclic) bond motifs is 2. The lowest BCUT2D eigenvalue weighted by Gasteiger charge is -2.06. The molecule has 0 bridgehead atoms. The zero-order valence-electron chi connectivity index (χ0n) is 14.5. The van der Waals surface area contributed by atoms with Crippen LogP contribution in [-0.2, 0) is 26.4 Å². The molecule has 0 saturated heterocycles. The summed E-state index contributed by atoms with van der Waals surface area (Å²) in [6, 6.07) is 0. The minimum absolute atomic E-state index is 0.307. The highest BCUT2D eigenvalue weighted by Gasteiger charge is 2.22. The average molecular weight is 359 g/mol.